The number of rotatable bonds is 4. The quantitative estimate of drug-likeness (QED) is 0.827. The highest BCUT2D eigenvalue weighted by molar-refractivity contribution is 7.91. The second-order valence-electron chi connectivity index (χ2n) is 4.92. The first-order valence-electron chi connectivity index (χ1n) is 5.85. The van der Waals surface area contributed by atoms with Crippen LogP contribution in [0.5, 0.6) is 0 Å². The van der Waals surface area contributed by atoms with Crippen LogP contribution in [0.4, 0.5) is 0 Å². The van der Waals surface area contributed by atoms with Gasteiger partial charge in [-0.2, -0.15) is 0 Å². The van der Waals surface area contributed by atoms with Crippen LogP contribution in [0.1, 0.15) is 18.9 Å². The molecule has 4 heteroatoms. The molecule has 0 spiro atoms. The van der Waals surface area contributed by atoms with Crippen LogP contribution in [0, 0.1) is 12.3 Å². The molecule has 0 unspecified atom stereocenters. The van der Waals surface area contributed by atoms with Gasteiger partial charge in [-0.15, -0.1) is 0 Å². The molecule has 0 saturated carbocycles. The van der Waals surface area contributed by atoms with Crippen molar-refractivity contribution in [2.24, 2.45) is 5.41 Å². The summed E-state index contributed by atoms with van der Waals surface area (Å²) in [5, 5.41) is 0. The zero-order valence-electron chi connectivity index (χ0n) is 10.3. The Morgan fingerprint density at radius 1 is 1.24 bits per heavy atom. The normalized spacial score (nSPS) is 18.7. The van der Waals surface area contributed by atoms with Crippen molar-refractivity contribution in [1.29, 1.82) is 0 Å². The molecule has 17 heavy (non-hydrogen) atoms. The maximum absolute atomic E-state index is 12.3. The third-order valence-corrected chi connectivity index (χ3v) is 5.43. The number of ether oxygens (including phenoxy) is 1. The Bertz CT molecular complexity index is 478. The van der Waals surface area contributed by atoms with Crippen molar-refractivity contribution in [3.63, 3.8) is 0 Å². The van der Waals surface area contributed by atoms with Crippen molar-refractivity contribution >= 4 is 9.84 Å². The summed E-state index contributed by atoms with van der Waals surface area (Å²) in [6.07, 6.45) is 0.845. The highest BCUT2D eigenvalue weighted by Gasteiger charge is 2.41. The highest BCUT2D eigenvalue weighted by atomic mass is 32.2. The van der Waals surface area contributed by atoms with E-state index in [1.54, 1.807) is 12.1 Å². The summed E-state index contributed by atoms with van der Waals surface area (Å²) in [6, 6.07) is 7.05. The Labute approximate surface area is 103 Å². The summed E-state index contributed by atoms with van der Waals surface area (Å²) in [5.41, 5.74) is 0.908. The van der Waals surface area contributed by atoms with Gasteiger partial charge >= 0.3 is 0 Å². The van der Waals surface area contributed by atoms with E-state index in [1.165, 1.54) is 0 Å². The minimum atomic E-state index is -3.19. The molecule has 1 heterocycles. The van der Waals surface area contributed by atoms with Gasteiger partial charge in [0.15, 0.2) is 9.84 Å². The zero-order chi connectivity index (χ0) is 12.5. The van der Waals surface area contributed by atoms with Crippen molar-refractivity contribution in [3.05, 3.63) is 29.8 Å². The van der Waals surface area contributed by atoms with Crippen molar-refractivity contribution in [1.82, 2.24) is 0 Å². The first-order chi connectivity index (χ1) is 7.97. The Kier molecular flexibility index (Phi) is 3.27. The molecule has 2 rings (SSSR count). The van der Waals surface area contributed by atoms with Crippen LogP contribution in [-0.2, 0) is 14.6 Å². The lowest BCUT2D eigenvalue weighted by Crippen LogP contribution is -2.47. The lowest BCUT2D eigenvalue weighted by Gasteiger charge is -2.40. The molecular formula is C13H18O3S. The van der Waals surface area contributed by atoms with E-state index < -0.39 is 9.84 Å². The van der Waals surface area contributed by atoms with Crippen LogP contribution >= 0.6 is 0 Å². The Morgan fingerprint density at radius 2 is 1.82 bits per heavy atom. The fraction of sp³-hybridized carbons (Fsp3) is 0.538. The lowest BCUT2D eigenvalue weighted by atomic mass is 9.86. The first kappa shape index (κ1) is 12.6. The maximum Gasteiger partial charge on any atom is 0.179 e. The summed E-state index contributed by atoms with van der Waals surface area (Å²) >= 11 is 0. The van der Waals surface area contributed by atoms with E-state index in [0.717, 1.165) is 12.0 Å². The summed E-state index contributed by atoms with van der Waals surface area (Å²) < 4.78 is 29.7. The fourth-order valence-corrected chi connectivity index (χ4v) is 3.91. The average molecular weight is 254 g/mol. The van der Waals surface area contributed by atoms with Gasteiger partial charge in [0.05, 0.1) is 23.9 Å². The molecule has 1 aliphatic rings. The van der Waals surface area contributed by atoms with E-state index in [9.17, 15) is 8.42 Å². The standard InChI is InChI=1S/C13H18O3S/c1-3-13(8-16-9-13)10-17(14,15)12-6-4-11(2)5-7-12/h4-7H,3,8-10H2,1-2H3. The second kappa shape index (κ2) is 4.42. The van der Waals surface area contributed by atoms with E-state index in [0.29, 0.717) is 18.1 Å². The monoisotopic (exact) mass is 254 g/mol. The number of hydrogen-bond donors (Lipinski definition) is 0. The van der Waals surface area contributed by atoms with Crippen LogP contribution in [0.3, 0.4) is 0 Å². The molecule has 0 atom stereocenters. The molecule has 1 aromatic rings. The van der Waals surface area contributed by atoms with Crippen molar-refractivity contribution < 1.29 is 13.2 Å². The molecule has 94 valence electrons. The molecule has 0 N–H and O–H groups in total. The molecule has 1 saturated heterocycles. The summed E-state index contributed by atoms with van der Waals surface area (Å²) in [4.78, 5) is 0.419. The van der Waals surface area contributed by atoms with Crippen LogP contribution in [-0.4, -0.2) is 27.4 Å². The number of benzene rings is 1. The Balaban J connectivity index is 2.22. The molecule has 0 aliphatic carbocycles. The number of sulfone groups is 1. The lowest BCUT2D eigenvalue weighted by molar-refractivity contribution is -0.100. The topological polar surface area (TPSA) is 43.4 Å². The van der Waals surface area contributed by atoms with Gasteiger partial charge in [-0.25, -0.2) is 8.42 Å². The SMILES string of the molecule is CCC1(CS(=O)(=O)c2ccc(C)cc2)COC1. The van der Waals surface area contributed by atoms with Gasteiger partial charge < -0.3 is 4.74 Å². The van der Waals surface area contributed by atoms with Gasteiger partial charge in [-0.3, -0.25) is 0 Å². The van der Waals surface area contributed by atoms with Crippen LogP contribution in [0.15, 0.2) is 29.2 Å². The maximum atomic E-state index is 12.3. The van der Waals surface area contributed by atoms with Gasteiger partial charge in [-0.1, -0.05) is 24.6 Å². The third-order valence-electron chi connectivity index (χ3n) is 3.44. The molecule has 0 radical (unpaired) electrons. The van der Waals surface area contributed by atoms with Gasteiger partial charge in [0.1, 0.15) is 0 Å². The average Bonchev–Trinajstić information content (AvgIpc) is 2.24. The molecule has 1 aliphatic heterocycles. The molecule has 1 aromatic carbocycles. The zero-order valence-corrected chi connectivity index (χ0v) is 11.1. The van der Waals surface area contributed by atoms with Crippen LogP contribution in [0.2, 0.25) is 0 Å². The van der Waals surface area contributed by atoms with Gasteiger partial charge in [-0.05, 0) is 25.5 Å². The van der Waals surface area contributed by atoms with E-state index in [1.807, 2.05) is 26.0 Å². The van der Waals surface area contributed by atoms with E-state index in [-0.39, 0.29) is 11.2 Å². The van der Waals surface area contributed by atoms with Crippen molar-refractivity contribution in [2.45, 2.75) is 25.2 Å². The van der Waals surface area contributed by atoms with Gasteiger partial charge in [0, 0.05) is 5.41 Å². The molecule has 3 nitrogen and oxygen atoms in total. The number of aryl methyl sites for hydroxylation is 1. The first-order valence-corrected chi connectivity index (χ1v) is 7.50. The minimum Gasteiger partial charge on any atom is -0.380 e. The highest BCUT2D eigenvalue weighted by Crippen LogP contribution is 2.34. The number of hydrogen-bond acceptors (Lipinski definition) is 3. The molecule has 0 aromatic heterocycles. The molecule has 0 bridgehead atoms. The third kappa shape index (κ3) is 2.53. The van der Waals surface area contributed by atoms with Crippen LogP contribution in [0.25, 0.3) is 0 Å². The van der Waals surface area contributed by atoms with Crippen molar-refractivity contribution in [3.8, 4) is 0 Å². The summed E-state index contributed by atoms with van der Waals surface area (Å²) in [5.74, 6) is 0.194. The predicted molar refractivity (Wildman–Crippen MR) is 66.8 cm³/mol. The fourth-order valence-electron chi connectivity index (χ4n) is 2.01. The van der Waals surface area contributed by atoms with E-state index >= 15 is 0 Å². The summed E-state index contributed by atoms with van der Waals surface area (Å²) in [6.45, 7) is 5.10. The van der Waals surface area contributed by atoms with E-state index in [2.05, 4.69) is 0 Å². The molecule has 0 amide bonds. The van der Waals surface area contributed by atoms with Crippen molar-refractivity contribution in [2.75, 3.05) is 19.0 Å². The van der Waals surface area contributed by atoms with E-state index in [4.69, 9.17) is 4.74 Å². The molecule has 1 fully saturated rings. The van der Waals surface area contributed by atoms with Gasteiger partial charge in [0.2, 0.25) is 0 Å². The Hall–Kier alpha value is -0.870. The van der Waals surface area contributed by atoms with Gasteiger partial charge in [0.25, 0.3) is 0 Å². The smallest absolute Gasteiger partial charge is 0.179 e. The van der Waals surface area contributed by atoms with Crippen LogP contribution < -0.4 is 0 Å². The minimum absolute atomic E-state index is 0.163. The largest absolute Gasteiger partial charge is 0.380 e. The summed E-state index contributed by atoms with van der Waals surface area (Å²) in [7, 11) is -3.19. The molecular weight excluding hydrogens is 236 g/mol. The Morgan fingerprint density at radius 3 is 2.24 bits per heavy atom. The predicted octanol–water partition coefficient (Wildman–Crippen LogP) is 2.20. The second-order valence-corrected chi connectivity index (χ2v) is 6.91.